The molecule has 19 heavy (non-hydrogen) atoms. The molecule has 2 amide bonds. The third-order valence-electron chi connectivity index (χ3n) is 2.79. The molecule has 7 heteroatoms. The molecule has 6 nitrogen and oxygen atoms in total. The van der Waals surface area contributed by atoms with Crippen molar-refractivity contribution in [1.82, 2.24) is 5.32 Å². The van der Waals surface area contributed by atoms with E-state index in [-0.39, 0.29) is 22.4 Å². The van der Waals surface area contributed by atoms with E-state index in [4.69, 9.17) is 16.7 Å². The van der Waals surface area contributed by atoms with Crippen LogP contribution in [0.5, 0.6) is 0 Å². The van der Waals surface area contributed by atoms with Crippen molar-refractivity contribution in [2.45, 2.75) is 18.9 Å². The number of hydrogen-bond acceptors (Lipinski definition) is 3. The molecule has 1 unspecified atom stereocenters. The highest BCUT2D eigenvalue weighted by Gasteiger charge is 2.27. The van der Waals surface area contributed by atoms with Crippen LogP contribution in [0.25, 0.3) is 0 Å². The van der Waals surface area contributed by atoms with Crippen LogP contribution in [-0.4, -0.2) is 28.9 Å². The molecule has 1 fully saturated rings. The van der Waals surface area contributed by atoms with Gasteiger partial charge in [-0.25, -0.2) is 4.79 Å². The van der Waals surface area contributed by atoms with Crippen molar-refractivity contribution in [1.29, 1.82) is 0 Å². The van der Waals surface area contributed by atoms with Crippen molar-refractivity contribution in [3.8, 4) is 0 Å². The van der Waals surface area contributed by atoms with Gasteiger partial charge in [-0.2, -0.15) is 0 Å². The van der Waals surface area contributed by atoms with Crippen molar-refractivity contribution in [3.63, 3.8) is 0 Å². The first-order chi connectivity index (χ1) is 8.97. The van der Waals surface area contributed by atoms with Crippen molar-refractivity contribution in [2.75, 3.05) is 5.32 Å². The molecule has 1 atom stereocenters. The van der Waals surface area contributed by atoms with Crippen LogP contribution in [0.15, 0.2) is 18.2 Å². The van der Waals surface area contributed by atoms with E-state index in [1.807, 2.05) is 0 Å². The lowest BCUT2D eigenvalue weighted by Crippen LogP contribution is -2.37. The average Bonchev–Trinajstić information content (AvgIpc) is 2.78. The normalized spacial score (nSPS) is 17.9. The summed E-state index contributed by atoms with van der Waals surface area (Å²) in [7, 11) is 0. The Morgan fingerprint density at radius 1 is 1.42 bits per heavy atom. The molecule has 1 heterocycles. The van der Waals surface area contributed by atoms with E-state index >= 15 is 0 Å². The Labute approximate surface area is 113 Å². The van der Waals surface area contributed by atoms with Gasteiger partial charge in [-0.15, -0.1) is 0 Å². The van der Waals surface area contributed by atoms with Crippen LogP contribution in [0.4, 0.5) is 5.69 Å². The number of nitrogens with one attached hydrogen (secondary N) is 2. The summed E-state index contributed by atoms with van der Waals surface area (Å²) in [6, 6.07) is 3.45. The molecule has 1 aliphatic heterocycles. The highest BCUT2D eigenvalue weighted by atomic mass is 35.5. The molecule has 3 N–H and O–H groups in total. The van der Waals surface area contributed by atoms with Gasteiger partial charge in [0.05, 0.1) is 16.3 Å². The van der Waals surface area contributed by atoms with E-state index in [9.17, 15) is 14.4 Å². The summed E-state index contributed by atoms with van der Waals surface area (Å²) in [5, 5.41) is 14.0. The SMILES string of the molecule is O=C1CCC(C(=O)Nc2ccc(C(=O)O)cc2Cl)N1. The molecule has 0 bridgehead atoms. The number of rotatable bonds is 3. The van der Waals surface area contributed by atoms with Crippen LogP contribution in [0.3, 0.4) is 0 Å². The van der Waals surface area contributed by atoms with Crippen molar-refractivity contribution in [3.05, 3.63) is 28.8 Å². The number of carbonyl (C=O) groups is 3. The largest absolute Gasteiger partial charge is 0.478 e. The maximum atomic E-state index is 11.8. The molecule has 2 rings (SSSR count). The second-order valence-corrected chi connectivity index (χ2v) is 4.56. The fraction of sp³-hybridized carbons (Fsp3) is 0.250. The minimum atomic E-state index is -1.09. The quantitative estimate of drug-likeness (QED) is 0.777. The first-order valence-corrected chi connectivity index (χ1v) is 5.98. The first-order valence-electron chi connectivity index (χ1n) is 5.60. The van der Waals surface area contributed by atoms with E-state index in [0.29, 0.717) is 18.5 Å². The third kappa shape index (κ3) is 3.03. The van der Waals surface area contributed by atoms with Gasteiger partial charge in [0.1, 0.15) is 6.04 Å². The molecule has 1 aliphatic rings. The van der Waals surface area contributed by atoms with Gasteiger partial charge in [-0.1, -0.05) is 11.6 Å². The van der Waals surface area contributed by atoms with Gasteiger partial charge >= 0.3 is 5.97 Å². The molecule has 0 aromatic heterocycles. The number of amides is 2. The van der Waals surface area contributed by atoms with Gasteiger partial charge in [-0.3, -0.25) is 9.59 Å². The zero-order chi connectivity index (χ0) is 14.0. The van der Waals surface area contributed by atoms with Crippen LogP contribution < -0.4 is 10.6 Å². The lowest BCUT2D eigenvalue weighted by Gasteiger charge is -2.12. The van der Waals surface area contributed by atoms with Gasteiger partial charge in [0.15, 0.2) is 0 Å². The number of carboxylic acid groups (broad SMARTS) is 1. The predicted molar refractivity (Wildman–Crippen MR) is 68.2 cm³/mol. The van der Waals surface area contributed by atoms with Crippen molar-refractivity contribution < 1.29 is 19.5 Å². The average molecular weight is 283 g/mol. The van der Waals surface area contributed by atoms with Crippen LogP contribution in [0.2, 0.25) is 5.02 Å². The molecule has 1 aromatic rings. The Morgan fingerprint density at radius 2 is 2.16 bits per heavy atom. The molecule has 1 saturated heterocycles. The molecule has 0 radical (unpaired) electrons. The number of halogens is 1. The van der Waals surface area contributed by atoms with Crippen LogP contribution in [-0.2, 0) is 9.59 Å². The number of carbonyl (C=O) groups excluding carboxylic acids is 2. The predicted octanol–water partition coefficient (Wildman–Crippen LogP) is 1.26. The molecule has 0 saturated carbocycles. The highest BCUT2D eigenvalue weighted by Crippen LogP contribution is 2.23. The fourth-order valence-corrected chi connectivity index (χ4v) is 2.01. The lowest BCUT2D eigenvalue weighted by atomic mass is 10.2. The Bertz CT molecular complexity index is 559. The minimum absolute atomic E-state index is 0.0390. The monoisotopic (exact) mass is 282 g/mol. The molecule has 100 valence electrons. The Morgan fingerprint density at radius 3 is 2.68 bits per heavy atom. The second-order valence-electron chi connectivity index (χ2n) is 4.15. The molecule has 0 aliphatic carbocycles. The zero-order valence-corrected chi connectivity index (χ0v) is 10.5. The van der Waals surface area contributed by atoms with E-state index in [0.717, 1.165) is 0 Å². The summed E-state index contributed by atoms with van der Waals surface area (Å²) in [4.78, 5) is 33.6. The summed E-state index contributed by atoms with van der Waals surface area (Å²) >= 11 is 5.89. The Kier molecular flexibility index (Phi) is 3.71. The summed E-state index contributed by atoms with van der Waals surface area (Å²) in [6.07, 6.45) is 0.763. The smallest absolute Gasteiger partial charge is 0.335 e. The summed E-state index contributed by atoms with van der Waals surface area (Å²) < 4.78 is 0. The van der Waals surface area contributed by atoms with E-state index < -0.39 is 12.0 Å². The van der Waals surface area contributed by atoms with E-state index in [1.165, 1.54) is 18.2 Å². The zero-order valence-electron chi connectivity index (χ0n) is 9.77. The summed E-state index contributed by atoms with van der Waals surface area (Å²) in [5.41, 5.74) is 0.356. The second kappa shape index (κ2) is 5.27. The van der Waals surface area contributed by atoms with E-state index in [1.54, 1.807) is 0 Å². The third-order valence-corrected chi connectivity index (χ3v) is 3.10. The first kappa shape index (κ1) is 13.4. The number of benzene rings is 1. The number of hydrogen-bond donors (Lipinski definition) is 3. The van der Waals surface area contributed by atoms with Gasteiger partial charge in [0, 0.05) is 6.42 Å². The molecule has 0 spiro atoms. The van der Waals surface area contributed by atoms with Crippen molar-refractivity contribution in [2.24, 2.45) is 0 Å². The standard InChI is InChI=1S/C12H11ClN2O4/c13-7-5-6(12(18)19)1-2-8(7)15-11(17)9-3-4-10(16)14-9/h1-2,5,9H,3-4H2,(H,14,16)(H,15,17)(H,18,19). The topological polar surface area (TPSA) is 95.5 Å². The number of anilines is 1. The maximum Gasteiger partial charge on any atom is 0.335 e. The van der Waals surface area contributed by atoms with E-state index in [2.05, 4.69) is 10.6 Å². The van der Waals surface area contributed by atoms with Crippen LogP contribution in [0, 0.1) is 0 Å². The van der Waals surface area contributed by atoms with Gasteiger partial charge < -0.3 is 15.7 Å². The Balaban J connectivity index is 2.09. The number of carboxylic acids is 1. The van der Waals surface area contributed by atoms with Crippen LogP contribution in [0.1, 0.15) is 23.2 Å². The maximum absolute atomic E-state index is 11.8. The van der Waals surface area contributed by atoms with Crippen LogP contribution >= 0.6 is 11.6 Å². The summed E-state index contributed by atoms with van der Waals surface area (Å²) in [5.74, 6) is -1.62. The lowest BCUT2D eigenvalue weighted by molar-refractivity contribution is -0.122. The van der Waals surface area contributed by atoms with Crippen molar-refractivity contribution >= 4 is 35.1 Å². The minimum Gasteiger partial charge on any atom is -0.478 e. The number of aromatic carboxylic acids is 1. The highest BCUT2D eigenvalue weighted by molar-refractivity contribution is 6.34. The van der Waals surface area contributed by atoms with Gasteiger partial charge in [0.25, 0.3) is 0 Å². The Hall–Kier alpha value is -2.08. The molecule has 1 aromatic carbocycles. The molecular formula is C12H11ClN2O4. The van der Waals surface area contributed by atoms with Gasteiger partial charge in [-0.05, 0) is 24.6 Å². The summed E-state index contributed by atoms with van der Waals surface area (Å²) in [6.45, 7) is 0. The molecular weight excluding hydrogens is 272 g/mol. The van der Waals surface area contributed by atoms with Gasteiger partial charge in [0.2, 0.25) is 11.8 Å². The fourth-order valence-electron chi connectivity index (χ4n) is 1.78.